The summed E-state index contributed by atoms with van der Waals surface area (Å²) in [5.74, 6) is 0.132. The molecule has 2 heterocycles. The van der Waals surface area contributed by atoms with Crippen LogP contribution in [0.25, 0.3) is 16.9 Å². The van der Waals surface area contributed by atoms with Crippen LogP contribution in [0.1, 0.15) is 11.1 Å². The van der Waals surface area contributed by atoms with Crippen molar-refractivity contribution in [3.63, 3.8) is 0 Å². The molecule has 3 N–H and O–H groups in total. The lowest BCUT2D eigenvalue weighted by molar-refractivity contribution is 0.144. The van der Waals surface area contributed by atoms with Gasteiger partial charge in [0.2, 0.25) is 5.95 Å². The van der Waals surface area contributed by atoms with Gasteiger partial charge in [0.25, 0.3) is 5.56 Å². The van der Waals surface area contributed by atoms with Gasteiger partial charge in [-0.15, -0.1) is 0 Å². The van der Waals surface area contributed by atoms with Gasteiger partial charge >= 0.3 is 6.16 Å². The van der Waals surface area contributed by atoms with Crippen LogP contribution in [-0.2, 0) is 6.54 Å². The van der Waals surface area contributed by atoms with Crippen molar-refractivity contribution in [2.24, 2.45) is 0 Å². The molecular formula is C20H14N6O4. The third-order valence-electron chi connectivity index (χ3n) is 4.23. The molecule has 30 heavy (non-hydrogen) atoms. The van der Waals surface area contributed by atoms with E-state index in [1.54, 1.807) is 30.3 Å². The quantitative estimate of drug-likeness (QED) is 0.432. The molecule has 148 valence electrons. The van der Waals surface area contributed by atoms with Crippen molar-refractivity contribution in [2.75, 3.05) is 5.32 Å². The van der Waals surface area contributed by atoms with Gasteiger partial charge in [-0.05, 0) is 35.9 Å². The van der Waals surface area contributed by atoms with Gasteiger partial charge < -0.3 is 15.2 Å². The van der Waals surface area contributed by atoms with Crippen LogP contribution in [0.5, 0.6) is 5.75 Å². The smallest absolute Gasteiger partial charge is 0.449 e. The number of carbonyl (C=O) groups is 1. The van der Waals surface area contributed by atoms with Crippen molar-refractivity contribution in [1.82, 2.24) is 19.7 Å². The number of nitrogens with one attached hydrogen (secondary N) is 2. The maximum absolute atomic E-state index is 12.5. The van der Waals surface area contributed by atoms with Crippen LogP contribution < -0.4 is 15.6 Å². The molecule has 10 heteroatoms. The minimum Gasteiger partial charge on any atom is -0.449 e. The van der Waals surface area contributed by atoms with E-state index in [0.717, 1.165) is 11.3 Å². The predicted octanol–water partition coefficient (Wildman–Crippen LogP) is 2.65. The van der Waals surface area contributed by atoms with Gasteiger partial charge in [-0.3, -0.25) is 9.78 Å². The number of fused-ring (bicyclic) bond motifs is 1. The SMILES string of the molecule is N#Cc1cccc(CNc2ccc3nc(-n4cc(OC(=O)O)cn4)[nH]c(=O)c3c2)c1. The zero-order valence-electron chi connectivity index (χ0n) is 15.4. The third kappa shape index (κ3) is 3.95. The molecule has 0 amide bonds. The highest BCUT2D eigenvalue weighted by molar-refractivity contribution is 5.81. The van der Waals surface area contributed by atoms with Gasteiger partial charge in [-0.2, -0.15) is 10.4 Å². The van der Waals surface area contributed by atoms with E-state index in [0.29, 0.717) is 23.0 Å². The number of benzene rings is 2. The third-order valence-corrected chi connectivity index (χ3v) is 4.23. The Hall–Kier alpha value is -4.65. The lowest BCUT2D eigenvalue weighted by atomic mass is 10.1. The first-order chi connectivity index (χ1) is 14.5. The van der Waals surface area contributed by atoms with Crippen LogP contribution in [0, 0.1) is 11.3 Å². The van der Waals surface area contributed by atoms with Gasteiger partial charge in [-0.25, -0.2) is 14.5 Å². The lowest BCUT2D eigenvalue weighted by Gasteiger charge is -2.08. The topological polar surface area (TPSA) is 146 Å². The van der Waals surface area contributed by atoms with E-state index in [1.807, 2.05) is 12.1 Å². The van der Waals surface area contributed by atoms with Crippen molar-refractivity contribution in [1.29, 1.82) is 5.26 Å². The maximum Gasteiger partial charge on any atom is 0.511 e. The summed E-state index contributed by atoms with van der Waals surface area (Å²) in [6.07, 6.45) is 1.03. The fourth-order valence-corrected chi connectivity index (χ4v) is 2.88. The molecule has 0 fully saturated rings. The highest BCUT2D eigenvalue weighted by Gasteiger charge is 2.10. The highest BCUT2D eigenvalue weighted by Crippen LogP contribution is 2.17. The average Bonchev–Trinajstić information content (AvgIpc) is 3.20. The van der Waals surface area contributed by atoms with Crippen LogP contribution in [-0.4, -0.2) is 31.0 Å². The molecule has 10 nitrogen and oxygen atoms in total. The molecule has 0 atom stereocenters. The van der Waals surface area contributed by atoms with E-state index < -0.39 is 6.16 Å². The molecule has 0 radical (unpaired) electrons. The van der Waals surface area contributed by atoms with Crippen LogP contribution in [0.4, 0.5) is 10.5 Å². The molecule has 0 saturated carbocycles. The maximum atomic E-state index is 12.5. The molecule has 0 unspecified atom stereocenters. The van der Waals surface area contributed by atoms with Crippen molar-refractivity contribution < 1.29 is 14.6 Å². The molecule has 0 saturated heterocycles. The average molecular weight is 402 g/mol. The normalized spacial score (nSPS) is 10.5. The summed E-state index contributed by atoms with van der Waals surface area (Å²) in [4.78, 5) is 30.1. The Bertz CT molecular complexity index is 1350. The van der Waals surface area contributed by atoms with E-state index in [1.165, 1.54) is 17.1 Å². The van der Waals surface area contributed by atoms with Gasteiger partial charge in [-0.1, -0.05) is 12.1 Å². The van der Waals surface area contributed by atoms with E-state index >= 15 is 0 Å². The van der Waals surface area contributed by atoms with Crippen molar-refractivity contribution in [2.45, 2.75) is 6.54 Å². The molecule has 4 rings (SSSR count). The molecule has 4 aromatic rings. The minimum absolute atomic E-state index is 0.00487. The summed E-state index contributed by atoms with van der Waals surface area (Å²) >= 11 is 0. The molecule has 0 aliphatic rings. The number of nitriles is 1. The van der Waals surface area contributed by atoms with Gasteiger partial charge in [0, 0.05) is 12.2 Å². The summed E-state index contributed by atoms with van der Waals surface area (Å²) in [5, 5.41) is 25.2. The second kappa shape index (κ2) is 7.76. The molecule has 0 aliphatic carbocycles. The van der Waals surface area contributed by atoms with Crippen LogP contribution in [0.15, 0.2) is 59.7 Å². The number of H-pyrrole nitrogens is 1. The summed E-state index contributed by atoms with van der Waals surface area (Å²) in [6.45, 7) is 0.490. The number of hydrogen-bond acceptors (Lipinski definition) is 7. The zero-order valence-corrected chi connectivity index (χ0v) is 15.4. The number of anilines is 1. The second-order valence-corrected chi connectivity index (χ2v) is 6.28. The van der Waals surface area contributed by atoms with Gasteiger partial charge in [0.1, 0.15) is 0 Å². The molecule has 2 aromatic heterocycles. The second-order valence-electron chi connectivity index (χ2n) is 6.28. The zero-order chi connectivity index (χ0) is 21.1. The van der Waals surface area contributed by atoms with Crippen LogP contribution >= 0.6 is 0 Å². The minimum atomic E-state index is -1.46. The molecule has 0 aliphatic heterocycles. The standard InChI is InChI=1S/C20H14N6O4/c21-8-12-2-1-3-13(6-12)9-22-14-4-5-17-16(7-14)18(27)25-19(24-17)26-11-15(10-23-26)30-20(28)29/h1-7,10-11,22H,9H2,(H,28,29)(H,24,25,27). The summed E-state index contributed by atoms with van der Waals surface area (Å²) in [7, 11) is 0. The number of rotatable bonds is 5. The van der Waals surface area contributed by atoms with E-state index in [-0.39, 0.29) is 17.3 Å². The Morgan fingerprint density at radius 2 is 2.17 bits per heavy atom. The molecule has 0 bridgehead atoms. The summed E-state index contributed by atoms with van der Waals surface area (Å²) in [6, 6.07) is 14.5. The van der Waals surface area contributed by atoms with Gasteiger partial charge in [0.15, 0.2) is 5.75 Å². The molecule has 0 spiro atoms. The lowest BCUT2D eigenvalue weighted by Crippen LogP contribution is -2.14. The number of aromatic amines is 1. The summed E-state index contributed by atoms with van der Waals surface area (Å²) < 4.78 is 5.73. The highest BCUT2D eigenvalue weighted by atomic mass is 16.7. The molecular weight excluding hydrogens is 388 g/mol. The fourth-order valence-electron chi connectivity index (χ4n) is 2.88. The van der Waals surface area contributed by atoms with E-state index in [4.69, 9.17) is 10.4 Å². The van der Waals surface area contributed by atoms with E-state index in [2.05, 4.69) is 31.2 Å². The van der Waals surface area contributed by atoms with Crippen LogP contribution in [0.2, 0.25) is 0 Å². The largest absolute Gasteiger partial charge is 0.511 e. The Kier molecular flexibility index (Phi) is 4.84. The Morgan fingerprint density at radius 3 is 2.97 bits per heavy atom. The number of aromatic nitrogens is 4. The Balaban J connectivity index is 1.58. The van der Waals surface area contributed by atoms with Crippen molar-refractivity contribution in [3.8, 4) is 17.8 Å². The first-order valence-electron chi connectivity index (χ1n) is 8.74. The van der Waals surface area contributed by atoms with Gasteiger partial charge in [0.05, 0.1) is 34.9 Å². The van der Waals surface area contributed by atoms with E-state index in [9.17, 15) is 9.59 Å². The first-order valence-corrected chi connectivity index (χ1v) is 8.74. The fraction of sp³-hybridized carbons (Fsp3) is 0.0500. The van der Waals surface area contributed by atoms with Crippen LogP contribution in [0.3, 0.4) is 0 Å². The number of ether oxygens (including phenoxy) is 1. The first kappa shape index (κ1) is 18.7. The van der Waals surface area contributed by atoms with Crippen molar-refractivity contribution in [3.05, 3.63) is 76.3 Å². The number of nitrogens with zero attached hydrogens (tertiary/aromatic N) is 4. The monoisotopic (exact) mass is 402 g/mol. The summed E-state index contributed by atoms with van der Waals surface area (Å²) in [5.41, 5.74) is 2.32. The molecule has 2 aromatic carbocycles. The number of hydrogen-bond donors (Lipinski definition) is 3. The number of carboxylic acid groups (broad SMARTS) is 1. The predicted molar refractivity (Wildman–Crippen MR) is 107 cm³/mol. The Labute approximate surface area is 169 Å². The Morgan fingerprint density at radius 1 is 1.30 bits per heavy atom. The van der Waals surface area contributed by atoms with Crippen molar-refractivity contribution >= 4 is 22.7 Å².